The molecule has 0 spiro atoms. The molecule has 0 amide bonds. The molecule has 5 aromatic rings. The standard InChI is InChI=1S/C22H15ClN4O3S/c1-12-18(31-21(25-12)16-6-2-4-13-5-3-9-24-19(13)16)11-29-14-7-8-15(17(23)10-14)20-26-22(28)30-27-20/h2-10H,11H2,1H3,(H,26,27,28). The van der Waals surface area contributed by atoms with Crippen LogP contribution in [-0.4, -0.2) is 20.1 Å². The van der Waals surface area contributed by atoms with E-state index in [9.17, 15) is 4.79 Å². The number of halogens is 1. The summed E-state index contributed by atoms with van der Waals surface area (Å²) >= 11 is 7.91. The second kappa shape index (κ2) is 7.98. The van der Waals surface area contributed by atoms with Crippen molar-refractivity contribution in [3.8, 4) is 27.7 Å². The third-order valence-corrected chi connectivity index (χ3v) is 6.24. The number of aromatic nitrogens is 4. The van der Waals surface area contributed by atoms with Crippen LogP contribution in [0.4, 0.5) is 0 Å². The van der Waals surface area contributed by atoms with Gasteiger partial charge in [-0.05, 0) is 37.3 Å². The highest BCUT2D eigenvalue weighted by atomic mass is 35.5. The van der Waals surface area contributed by atoms with Crippen LogP contribution in [0, 0.1) is 6.92 Å². The van der Waals surface area contributed by atoms with E-state index < -0.39 is 5.76 Å². The molecule has 3 heterocycles. The maximum absolute atomic E-state index is 11.1. The van der Waals surface area contributed by atoms with Crippen molar-refractivity contribution in [3.05, 3.63) is 80.9 Å². The first-order chi connectivity index (χ1) is 15.1. The van der Waals surface area contributed by atoms with Gasteiger partial charge in [0.1, 0.15) is 17.4 Å². The van der Waals surface area contributed by atoms with E-state index in [1.54, 1.807) is 35.7 Å². The molecule has 9 heteroatoms. The number of ether oxygens (including phenoxy) is 1. The number of hydrogen-bond donors (Lipinski definition) is 1. The third kappa shape index (κ3) is 3.83. The van der Waals surface area contributed by atoms with Crippen molar-refractivity contribution in [2.24, 2.45) is 0 Å². The topological polar surface area (TPSA) is 93.9 Å². The summed E-state index contributed by atoms with van der Waals surface area (Å²) in [5.74, 6) is 0.165. The summed E-state index contributed by atoms with van der Waals surface area (Å²) < 4.78 is 10.5. The first-order valence-electron chi connectivity index (χ1n) is 9.37. The number of para-hydroxylation sites is 1. The number of pyridine rings is 1. The summed E-state index contributed by atoms with van der Waals surface area (Å²) in [5, 5.41) is 4.82. The summed E-state index contributed by atoms with van der Waals surface area (Å²) in [7, 11) is 0. The second-order valence-corrected chi connectivity index (χ2v) is 8.26. The molecular weight excluding hydrogens is 436 g/mol. The van der Waals surface area contributed by atoms with Gasteiger partial charge in [-0.3, -0.25) is 4.98 Å². The molecule has 0 unspecified atom stereocenters. The summed E-state index contributed by atoms with van der Waals surface area (Å²) in [4.78, 5) is 25.1. The Labute approximate surface area is 185 Å². The van der Waals surface area contributed by atoms with Crippen molar-refractivity contribution in [3.63, 3.8) is 0 Å². The smallest absolute Gasteiger partial charge is 0.460 e. The van der Waals surface area contributed by atoms with E-state index in [-0.39, 0.29) is 5.82 Å². The van der Waals surface area contributed by atoms with Crippen molar-refractivity contribution in [1.82, 2.24) is 20.1 Å². The van der Waals surface area contributed by atoms with Gasteiger partial charge in [0.25, 0.3) is 0 Å². The molecular formula is C22H15ClN4O3S. The molecule has 1 N–H and O–H groups in total. The Balaban J connectivity index is 1.37. The molecule has 31 heavy (non-hydrogen) atoms. The van der Waals surface area contributed by atoms with E-state index in [1.807, 2.05) is 37.3 Å². The van der Waals surface area contributed by atoms with Gasteiger partial charge in [-0.15, -0.1) is 11.3 Å². The maximum Gasteiger partial charge on any atom is 0.460 e. The van der Waals surface area contributed by atoms with Gasteiger partial charge in [0.2, 0.25) is 0 Å². The number of nitrogens with zero attached hydrogens (tertiary/aromatic N) is 3. The zero-order valence-electron chi connectivity index (χ0n) is 16.3. The summed E-state index contributed by atoms with van der Waals surface area (Å²) in [6.45, 7) is 2.33. The number of aromatic amines is 1. The van der Waals surface area contributed by atoms with Crippen molar-refractivity contribution in [1.29, 1.82) is 0 Å². The Bertz CT molecular complexity index is 1450. The van der Waals surface area contributed by atoms with Gasteiger partial charge in [0.05, 0.1) is 21.1 Å². The van der Waals surface area contributed by atoms with Gasteiger partial charge in [0.15, 0.2) is 5.82 Å². The zero-order chi connectivity index (χ0) is 21.4. The van der Waals surface area contributed by atoms with E-state index >= 15 is 0 Å². The summed E-state index contributed by atoms with van der Waals surface area (Å²) in [6, 6.07) is 15.2. The molecule has 0 aliphatic carbocycles. The second-order valence-electron chi connectivity index (χ2n) is 6.77. The van der Waals surface area contributed by atoms with Crippen LogP contribution in [0.2, 0.25) is 5.02 Å². The van der Waals surface area contributed by atoms with Crippen LogP contribution >= 0.6 is 22.9 Å². The Kier molecular flexibility index (Phi) is 5.01. The summed E-state index contributed by atoms with van der Waals surface area (Å²) in [5.41, 5.74) is 3.40. The maximum atomic E-state index is 11.1. The van der Waals surface area contributed by atoms with E-state index in [0.29, 0.717) is 22.9 Å². The van der Waals surface area contributed by atoms with Gasteiger partial charge < -0.3 is 9.26 Å². The van der Waals surface area contributed by atoms with E-state index in [4.69, 9.17) is 21.3 Å². The zero-order valence-corrected chi connectivity index (χ0v) is 17.8. The minimum absolute atomic E-state index is 0.271. The van der Waals surface area contributed by atoms with E-state index in [0.717, 1.165) is 32.0 Å². The molecule has 0 bridgehead atoms. The lowest BCUT2D eigenvalue weighted by atomic mass is 10.1. The minimum atomic E-state index is -0.704. The lowest BCUT2D eigenvalue weighted by molar-refractivity contribution is 0.309. The van der Waals surface area contributed by atoms with Crippen LogP contribution in [0.25, 0.3) is 32.9 Å². The first kappa shape index (κ1) is 19.5. The minimum Gasteiger partial charge on any atom is -0.488 e. The predicted molar refractivity (Wildman–Crippen MR) is 119 cm³/mol. The van der Waals surface area contributed by atoms with Crippen LogP contribution in [0.3, 0.4) is 0 Å². The fourth-order valence-corrected chi connectivity index (χ4v) is 4.49. The number of hydrogen-bond acceptors (Lipinski definition) is 7. The Morgan fingerprint density at radius 1 is 1.13 bits per heavy atom. The molecule has 7 nitrogen and oxygen atoms in total. The molecule has 0 fully saturated rings. The molecule has 0 aliphatic heterocycles. The van der Waals surface area contributed by atoms with Gasteiger partial charge in [-0.1, -0.05) is 29.8 Å². The van der Waals surface area contributed by atoms with E-state index in [2.05, 4.69) is 19.6 Å². The van der Waals surface area contributed by atoms with Crippen LogP contribution in [0.5, 0.6) is 5.75 Å². The number of aryl methyl sites for hydroxylation is 1. The Morgan fingerprint density at radius 3 is 2.81 bits per heavy atom. The quantitative estimate of drug-likeness (QED) is 0.393. The predicted octanol–water partition coefficient (Wildman–Crippen LogP) is 5.24. The normalized spacial score (nSPS) is 11.2. The van der Waals surface area contributed by atoms with Crippen molar-refractivity contribution in [2.45, 2.75) is 13.5 Å². The monoisotopic (exact) mass is 450 g/mol. The lowest BCUT2D eigenvalue weighted by Gasteiger charge is -2.07. The first-order valence-corrected chi connectivity index (χ1v) is 10.6. The Morgan fingerprint density at radius 2 is 2.00 bits per heavy atom. The molecule has 154 valence electrons. The molecule has 0 aliphatic rings. The Hall–Kier alpha value is -3.49. The molecule has 0 saturated carbocycles. The van der Waals surface area contributed by atoms with Gasteiger partial charge in [-0.2, -0.15) is 10.1 Å². The fourth-order valence-electron chi connectivity index (χ4n) is 3.22. The lowest BCUT2D eigenvalue weighted by Crippen LogP contribution is -1.96. The number of fused-ring (bicyclic) bond motifs is 1. The number of nitrogens with one attached hydrogen (secondary N) is 1. The number of H-pyrrole nitrogens is 1. The average Bonchev–Trinajstić information content (AvgIpc) is 3.37. The fraction of sp³-hybridized carbons (Fsp3) is 0.0909. The number of thiazole rings is 1. The molecule has 0 saturated heterocycles. The number of benzene rings is 2. The highest BCUT2D eigenvalue weighted by molar-refractivity contribution is 7.15. The highest BCUT2D eigenvalue weighted by Gasteiger charge is 2.14. The van der Waals surface area contributed by atoms with Crippen molar-refractivity contribution < 1.29 is 9.26 Å². The van der Waals surface area contributed by atoms with Gasteiger partial charge in [0, 0.05) is 22.7 Å². The van der Waals surface area contributed by atoms with Crippen LogP contribution < -0.4 is 10.5 Å². The highest BCUT2D eigenvalue weighted by Crippen LogP contribution is 2.33. The van der Waals surface area contributed by atoms with Crippen LogP contribution in [0.1, 0.15) is 10.6 Å². The SMILES string of the molecule is Cc1nc(-c2cccc3cccnc23)sc1COc1ccc(-c2nc(=O)o[nH]2)c(Cl)c1. The molecule has 2 aromatic carbocycles. The molecule has 3 aromatic heterocycles. The van der Waals surface area contributed by atoms with E-state index in [1.165, 1.54) is 0 Å². The third-order valence-electron chi connectivity index (χ3n) is 4.76. The molecule has 5 rings (SSSR count). The van der Waals surface area contributed by atoms with Gasteiger partial charge in [-0.25, -0.2) is 9.78 Å². The average molecular weight is 451 g/mol. The van der Waals surface area contributed by atoms with Gasteiger partial charge >= 0.3 is 5.76 Å². The molecule has 0 atom stereocenters. The largest absolute Gasteiger partial charge is 0.488 e. The van der Waals surface area contributed by atoms with Crippen LogP contribution in [0.15, 0.2) is 64.0 Å². The van der Waals surface area contributed by atoms with Crippen LogP contribution in [-0.2, 0) is 6.61 Å². The number of rotatable bonds is 5. The van der Waals surface area contributed by atoms with Crippen molar-refractivity contribution >= 4 is 33.8 Å². The summed E-state index contributed by atoms with van der Waals surface area (Å²) in [6.07, 6.45) is 1.79. The van der Waals surface area contributed by atoms with Crippen molar-refractivity contribution in [2.75, 3.05) is 0 Å². The molecule has 0 radical (unpaired) electrons.